The summed E-state index contributed by atoms with van der Waals surface area (Å²) in [7, 11) is 0. The second-order valence-corrected chi connectivity index (χ2v) is 12.2. The SMILES string of the molecule is CC1=C(/C=C/c2cccc(CNCCO)c2)C(C)(C)CCC1Cc1cccc(C)c1/C=C/c1cccc(CCN)c1. The molecule has 41 heavy (non-hydrogen) atoms. The average molecular weight is 549 g/mol. The minimum Gasteiger partial charge on any atom is -0.395 e. The lowest BCUT2D eigenvalue weighted by atomic mass is 9.67. The van der Waals surface area contributed by atoms with Gasteiger partial charge in [-0.2, -0.15) is 0 Å². The number of allylic oxidation sites excluding steroid dienone is 3. The number of hydrogen-bond donors (Lipinski definition) is 3. The summed E-state index contributed by atoms with van der Waals surface area (Å²) < 4.78 is 0. The van der Waals surface area contributed by atoms with E-state index in [1.807, 2.05) is 0 Å². The molecule has 1 atom stereocenters. The van der Waals surface area contributed by atoms with Crippen LogP contribution in [0.25, 0.3) is 18.2 Å². The van der Waals surface area contributed by atoms with Gasteiger partial charge in [0.25, 0.3) is 0 Å². The van der Waals surface area contributed by atoms with Gasteiger partial charge in [-0.25, -0.2) is 0 Å². The molecule has 1 aliphatic carbocycles. The number of benzene rings is 3. The van der Waals surface area contributed by atoms with Crippen LogP contribution in [-0.2, 0) is 19.4 Å². The third-order valence-corrected chi connectivity index (χ3v) is 8.60. The van der Waals surface area contributed by atoms with Crippen molar-refractivity contribution in [3.8, 4) is 0 Å². The van der Waals surface area contributed by atoms with Gasteiger partial charge in [0.2, 0.25) is 0 Å². The maximum atomic E-state index is 9.06. The molecule has 1 unspecified atom stereocenters. The highest BCUT2D eigenvalue weighted by Crippen LogP contribution is 2.45. The van der Waals surface area contributed by atoms with E-state index in [1.54, 1.807) is 0 Å². The summed E-state index contributed by atoms with van der Waals surface area (Å²) in [6.07, 6.45) is 13.6. The van der Waals surface area contributed by atoms with Gasteiger partial charge in [0, 0.05) is 13.1 Å². The van der Waals surface area contributed by atoms with Crippen molar-refractivity contribution in [1.29, 1.82) is 0 Å². The Bertz CT molecular complexity index is 1390. The van der Waals surface area contributed by atoms with E-state index in [1.165, 1.54) is 62.9 Å². The lowest BCUT2D eigenvalue weighted by Gasteiger charge is -2.38. The van der Waals surface area contributed by atoms with Gasteiger partial charge in [0.15, 0.2) is 0 Å². The molecule has 0 spiro atoms. The van der Waals surface area contributed by atoms with E-state index >= 15 is 0 Å². The van der Waals surface area contributed by atoms with E-state index in [4.69, 9.17) is 10.8 Å². The van der Waals surface area contributed by atoms with Gasteiger partial charge >= 0.3 is 0 Å². The summed E-state index contributed by atoms with van der Waals surface area (Å²) in [6.45, 7) is 11.6. The first-order valence-corrected chi connectivity index (χ1v) is 15.2. The molecule has 0 aromatic heterocycles. The van der Waals surface area contributed by atoms with Crippen LogP contribution in [0.15, 0.2) is 84.0 Å². The number of nitrogens with one attached hydrogen (secondary N) is 1. The molecule has 0 heterocycles. The molecule has 4 rings (SSSR count). The van der Waals surface area contributed by atoms with E-state index in [0.717, 1.165) is 19.4 Å². The summed E-state index contributed by atoms with van der Waals surface area (Å²) in [5.74, 6) is 0.526. The standard InChI is InChI=1S/C38H48N2O/c1-28-8-5-13-35(36(28)16-14-30-9-6-11-32(24-30)19-21-39)26-34-18-20-38(3,4)37(29(34)2)17-15-31-10-7-12-33(25-31)27-40-22-23-41/h5-17,24-25,34,40-41H,18-23,26-27,39H2,1-4H3/b16-14+,17-15+. The number of nitrogens with two attached hydrogens (primary N) is 1. The van der Waals surface area contributed by atoms with Gasteiger partial charge in [0.05, 0.1) is 6.61 Å². The summed E-state index contributed by atoms with van der Waals surface area (Å²) in [5, 5.41) is 12.3. The van der Waals surface area contributed by atoms with Crippen LogP contribution < -0.4 is 11.1 Å². The molecule has 216 valence electrons. The Balaban J connectivity index is 1.57. The van der Waals surface area contributed by atoms with Crippen LogP contribution in [0.5, 0.6) is 0 Å². The molecular weight excluding hydrogens is 500 g/mol. The molecule has 0 bridgehead atoms. The summed E-state index contributed by atoms with van der Waals surface area (Å²) in [6, 6.07) is 24.1. The van der Waals surface area contributed by atoms with Crippen molar-refractivity contribution in [3.63, 3.8) is 0 Å². The normalized spacial score (nSPS) is 17.2. The predicted octanol–water partition coefficient (Wildman–Crippen LogP) is 7.76. The zero-order valence-electron chi connectivity index (χ0n) is 25.4. The highest BCUT2D eigenvalue weighted by atomic mass is 16.3. The highest BCUT2D eigenvalue weighted by molar-refractivity contribution is 5.73. The number of rotatable bonds is 12. The van der Waals surface area contributed by atoms with Crippen molar-refractivity contribution in [2.75, 3.05) is 19.7 Å². The smallest absolute Gasteiger partial charge is 0.0556 e. The molecule has 0 radical (unpaired) electrons. The van der Waals surface area contributed by atoms with E-state index < -0.39 is 0 Å². The van der Waals surface area contributed by atoms with Gasteiger partial charge in [-0.1, -0.05) is 110 Å². The number of aliphatic hydroxyl groups excluding tert-OH is 1. The quantitative estimate of drug-likeness (QED) is 0.160. The molecule has 0 saturated heterocycles. The van der Waals surface area contributed by atoms with Crippen molar-refractivity contribution in [2.45, 2.75) is 59.9 Å². The molecule has 3 aromatic rings. The van der Waals surface area contributed by atoms with Crippen LogP contribution in [0.1, 0.15) is 72.6 Å². The van der Waals surface area contributed by atoms with Crippen LogP contribution in [-0.4, -0.2) is 24.8 Å². The fourth-order valence-electron chi connectivity index (χ4n) is 6.17. The Morgan fingerprint density at radius 2 is 1.59 bits per heavy atom. The van der Waals surface area contributed by atoms with E-state index in [-0.39, 0.29) is 12.0 Å². The van der Waals surface area contributed by atoms with Gasteiger partial charge < -0.3 is 16.2 Å². The van der Waals surface area contributed by atoms with Crippen LogP contribution in [0.3, 0.4) is 0 Å². The first-order valence-electron chi connectivity index (χ1n) is 15.2. The summed E-state index contributed by atoms with van der Waals surface area (Å²) in [4.78, 5) is 0. The van der Waals surface area contributed by atoms with Gasteiger partial charge in [-0.3, -0.25) is 0 Å². The molecule has 3 nitrogen and oxygen atoms in total. The van der Waals surface area contributed by atoms with Crippen LogP contribution in [0.4, 0.5) is 0 Å². The van der Waals surface area contributed by atoms with E-state index in [0.29, 0.717) is 19.0 Å². The van der Waals surface area contributed by atoms with Crippen molar-refractivity contribution in [3.05, 3.63) is 123 Å². The number of aliphatic hydroxyl groups is 1. The highest BCUT2D eigenvalue weighted by Gasteiger charge is 2.32. The van der Waals surface area contributed by atoms with Gasteiger partial charge in [-0.15, -0.1) is 0 Å². The molecule has 3 aromatic carbocycles. The summed E-state index contributed by atoms with van der Waals surface area (Å²) >= 11 is 0. The second-order valence-electron chi connectivity index (χ2n) is 12.2. The zero-order chi connectivity index (χ0) is 29.2. The van der Waals surface area contributed by atoms with Crippen LogP contribution >= 0.6 is 0 Å². The van der Waals surface area contributed by atoms with E-state index in [9.17, 15) is 0 Å². The van der Waals surface area contributed by atoms with Crippen molar-refractivity contribution in [1.82, 2.24) is 5.32 Å². The summed E-state index contributed by atoms with van der Waals surface area (Å²) in [5.41, 5.74) is 18.0. The maximum Gasteiger partial charge on any atom is 0.0556 e. The van der Waals surface area contributed by atoms with Gasteiger partial charge in [-0.05, 0) is 102 Å². The Morgan fingerprint density at radius 3 is 2.32 bits per heavy atom. The Hall–Kier alpha value is -3.24. The van der Waals surface area contributed by atoms with Gasteiger partial charge in [0.1, 0.15) is 0 Å². The minimum absolute atomic E-state index is 0.154. The molecule has 0 fully saturated rings. The van der Waals surface area contributed by atoms with Crippen molar-refractivity contribution in [2.24, 2.45) is 17.1 Å². The molecule has 0 aliphatic heterocycles. The molecule has 3 heteroatoms. The Morgan fingerprint density at radius 1 is 0.902 bits per heavy atom. The van der Waals surface area contributed by atoms with Crippen molar-refractivity contribution >= 4 is 18.2 Å². The molecule has 0 saturated carbocycles. The van der Waals surface area contributed by atoms with Crippen molar-refractivity contribution < 1.29 is 5.11 Å². The first-order chi connectivity index (χ1) is 19.8. The predicted molar refractivity (Wildman–Crippen MR) is 176 cm³/mol. The number of hydrogen-bond acceptors (Lipinski definition) is 3. The largest absolute Gasteiger partial charge is 0.395 e. The third kappa shape index (κ3) is 8.39. The third-order valence-electron chi connectivity index (χ3n) is 8.60. The minimum atomic E-state index is 0.154. The maximum absolute atomic E-state index is 9.06. The fraction of sp³-hybridized carbons (Fsp3) is 0.368. The topological polar surface area (TPSA) is 58.3 Å². The average Bonchev–Trinajstić information content (AvgIpc) is 2.95. The monoisotopic (exact) mass is 548 g/mol. The lowest BCUT2D eigenvalue weighted by molar-refractivity contribution is 0.292. The van der Waals surface area contributed by atoms with E-state index in [2.05, 4.69) is 124 Å². The Kier molecular flexibility index (Phi) is 10.9. The molecule has 4 N–H and O–H groups in total. The molecule has 1 aliphatic rings. The Labute approximate surface area is 247 Å². The van der Waals surface area contributed by atoms with Crippen LogP contribution in [0.2, 0.25) is 0 Å². The molecule has 0 amide bonds. The fourth-order valence-corrected chi connectivity index (χ4v) is 6.17. The molecular formula is C38H48N2O. The zero-order valence-corrected chi connectivity index (χ0v) is 25.4. The number of aryl methyl sites for hydroxylation is 1. The second kappa shape index (κ2) is 14.6. The lowest BCUT2D eigenvalue weighted by Crippen LogP contribution is -2.25. The van der Waals surface area contributed by atoms with Crippen LogP contribution in [0, 0.1) is 18.3 Å². The first kappa shape index (κ1) is 30.7.